The fourth-order valence-electron chi connectivity index (χ4n) is 2.87. The normalized spacial score (nSPS) is 22.7. The molecule has 0 radical (unpaired) electrons. The summed E-state index contributed by atoms with van der Waals surface area (Å²) in [4.78, 5) is 14.2. The Kier molecular flexibility index (Phi) is 3.55. The van der Waals surface area contributed by atoms with Gasteiger partial charge in [-0.3, -0.25) is 4.79 Å². The summed E-state index contributed by atoms with van der Waals surface area (Å²) in [6, 6.07) is 13.5. The van der Waals surface area contributed by atoms with Crippen molar-refractivity contribution in [3.05, 3.63) is 57.5 Å². The van der Waals surface area contributed by atoms with E-state index in [1.807, 2.05) is 37.3 Å². The number of nitrogens with zero attached hydrogens (tertiary/aromatic N) is 2. The maximum absolute atomic E-state index is 13.0. The van der Waals surface area contributed by atoms with E-state index in [4.69, 9.17) is 11.6 Å². The number of carbonyl (C=O) groups is 1. The van der Waals surface area contributed by atoms with E-state index in [1.165, 1.54) is 9.90 Å². The molecule has 0 spiro atoms. The monoisotopic (exact) mass is 406 g/mol. The van der Waals surface area contributed by atoms with Gasteiger partial charge in [-0.25, -0.2) is 0 Å². The van der Waals surface area contributed by atoms with Crippen LogP contribution in [0.5, 0.6) is 0 Å². The van der Waals surface area contributed by atoms with Gasteiger partial charge in [0.1, 0.15) is 5.41 Å². The summed E-state index contributed by atoms with van der Waals surface area (Å²) in [7, 11) is 0. The molecule has 2 aliphatic heterocycles. The first-order valence-electron chi connectivity index (χ1n) is 7.11. The molecule has 116 valence electrons. The summed E-state index contributed by atoms with van der Waals surface area (Å²) in [5, 5.41) is 6.70. The van der Waals surface area contributed by atoms with Crippen LogP contribution in [0.3, 0.4) is 0 Å². The number of rotatable bonds is 1. The first-order valence-corrected chi connectivity index (χ1v) is 9.27. The molecular formula is C17H12BrClN2OS. The van der Waals surface area contributed by atoms with Crippen LogP contribution < -0.4 is 5.01 Å². The lowest BCUT2D eigenvalue weighted by Gasteiger charge is -2.29. The summed E-state index contributed by atoms with van der Waals surface area (Å²) in [6.45, 7) is 1.97. The van der Waals surface area contributed by atoms with E-state index in [1.54, 1.807) is 17.8 Å². The number of hydrogen-bond donors (Lipinski definition) is 0. The third-order valence-electron chi connectivity index (χ3n) is 4.19. The van der Waals surface area contributed by atoms with Crippen molar-refractivity contribution < 1.29 is 4.79 Å². The standard InChI is InChI=1S/C17H12BrClN2OS/c1-17-9-23-14-5-3-2-4-11(14)15(17)20-21(16(17)22)10-6-7-12(18)13(19)8-10/h2-8H,9H2,1H3. The van der Waals surface area contributed by atoms with Crippen LogP contribution in [0.25, 0.3) is 0 Å². The van der Waals surface area contributed by atoms with E-state index < -0.39 is 5.41 Å². The van der Waals surface area contributed by atoms with Crippen LogP contribution in [-0.2, 0) is 4.79 Å². The minimum Gasteiger partial charge on any atom is -0.271 e. The smallest absolute Gasteiger partial charge is 0.260 e. The van der Waals surface area contributed by atoms with Crippen LogP contribution >= 0.6 is 39.3 Å². The maximum atomic E-state index is 13.0. The molecule has 1 atom stereocenters. The molecule has 2 aromatic rings. The highest BCUT2D eigenvalue weighted by Crippen LogP contribution is 2.45. The Balaban J connectivity index is 1.85. The zero-order valence-corrected chi connectivity index (χ0v) is 15.4. The zero-order chi connectivity index (χ0) is 16.2. The van der Waals surface area contributed by atoms with Gasteiger partial charge < -0.3 is 0 Å². The molecule has 1 amide bonds. The van der Waals surface area contributed by atoms with Crippen LogP contribution in [-0.4, -0.2) is 17.4 Å². The molecule has 2 aromatic carbocycles. The Morgan fingerprint density at radius 3 is 2.87 bits per heavy atom. The van der Waals surface area contributed by atoms with Crippen LogP contribution in [0.2, 0.25) is 5.02 Å². The minimum atomic E-state index is -0.599. The molecular weight excluding hydrogens is 396 g/mol. The molecule has 4 rings (SSSR count). The van der Waals surface area contributed by atoms with Gasteiger partial charge in [0.15, 0.2) is 0 Å². The topological polar surface area (TPSA) is 32.7 Å². The number of hydrazone groups is 1. The van der Waals surface area contributed by atoms with Gasteiger partial charge >= 0.3 is 0 Å². The molecule has 6 heteroatoms. The van der Waals surface area contributed by atoms with Crippen LogP contribution in [0.4, 0.5) is 5.69 Å². The second-order valence-electron chi connectivity index (χ2n) is 5.78. The fraction of sp³-hybridized carbons (Fsp3) is 0.176. The SMILES string of the molecule is CC12CSc3ccccc3C1=NN(c1ccc(Br)c(Cl)c1)C2=O. The summed E-state index contributed by atoms with van der Waals surface area (Å²) < 4.78 is 0.798. The number of carbonyl (C=O) groups excluding carboxylic acids is 1. The summed E-state index contributed by atoms with van der Waals surface area (Å²) in [6.07, 6.45) is 0. The lowest BCUT2D eigenvalue weighted by molar-refractivity contribution is -0.122. The largest absolute Gasteiger partial charge is 0.271 e. The van der Waals surface area contributed by atoms with Crippen molar-refractivity contribution in [2.45, 2.75) is 11.8 Å². The molecule has 1 unspecified atom stereocenters. The molecule has 0 bridgehead atoms. The summed E-state index contributed by atoms with van der Waals surface area (Å²) in [5.41, 5.74) is 1.98. The predicted octanol–water partition coefficient (Wildman–Crippen LogP) is 4.97. The highest BCUT2D eigenvalue weighted by molar-refractivity contribution is 9.10. The Morgan fingerprint density at radius 1 is 1.30 bits per heavy atom. The Hall–Kier alpha value is -1.30. The average Bonchev–Trinajstić information content (AvgIpc) is 2.83. The number of fused-ring (bicyclic) bond motifs is 3. The quantitative estimate of drug-likeness (QED) is 0.669. The van der Waals surface area contributed by atoms with Crippen molar-refractivity contribution in [1.29, 1.82) is 0 Å². The van der Waals surface area contributed by atoms with E-state index >= 15 is 0 Å². The van der Waals surface area contributed by atoms with Gasteiger partial charge in [0, 0.05) is 20.7 Å². The summed E-state index contributed by atoms with van der Waals surface area (Å²) in [5.74, 6) is 0.690. The van der Waals surface area contributed by atoms with Gasteiger partial charge in [-0.15, -0.1) is 11.8 Å². The zero-order valence-electron chi connectivity index (χ0n) is 12.2. The van der Waals surface area contributed by atoms with E-state index in [0.29, 0.717) is 16.5 Å². The van der Waals surface area contributed by atoms with Crippen molar-refractivity contribution in [1.82, 2.24) is 0 Å². The predicted molar refractivity (Wildman–Crippen MR) is 98.4 cm³/mol. The van der Waals surface area contributed by atoms with Crippen LogP contribution in [0.15, 0.2) is 56.9 Å². The molecule has 3 nitrogen and oxygen atoms in total. The van der Waals surface area contributed by atoms with Gasteiger partial charge in [-0.2, -0.15) is 10.1 Å². The first-order chi connectivity index (χ1) is 11.0. The first kappa shape index (κ1) is 15.2. The third kappa shape index (κ3) is 2.25. The van der Waals surface area contributed by atoms with Crippen LogP contribution in [0, 0.1) is 5.41 Å². The highest BCUT2D eigenvalue weighted by atomic mass is 79.9. The van der Waals surface area contributed by atoms with Crippen molar-refractivity contribution in [3.8, 4) is 0 Å². The maximum Gasteiger partial charge on any atom is 0.260 e. The van der Waals surface area contributed by atoms with Crippen molar-refractivity contribution >= 4 is 56.6 Å². The van der Waals surface area contributed by atoms with Gasteiger partial charge in [-0.05, 0) is 47.1 Å². The fourth-order valence-corrected chi connectivity index (χ4v) is 4.49. The number of benzene rings is 2. The number of hydrogen-bond acceptors (Lipinski definition) is 3. The molecule has 2 aliphatic rings. The van der Waals surface area contributed by atoms with Gasteiger partial charge in [-0.1, -0.05) is 29.8 Å². The number of halogens is 2. The highest BCUT2D eigenvalue weighted by Gasteiger charge is 2.50. The Labute approximate surface area is 151 Å². The van der Waals surface area contributed by atoms with Crippen molar-refractivity contribution in [2.24, 2.45) is 10.5 Å². The van der Waals surface area contributed by atoms with E-state index in [0.717, 1.165) is 15.7 Å². The van der Waals surface area contributed by atoms with E-state index in [-0.39, 0.29) is 5.91 Å². The van der Waals surface area contributed by atoms with Crippen molar-refractivity contribution in [2.75, 3.05) is 10.8 Å². The Morgan fingerprint density at radius 2 is 2.09 bits per heavy atom. The molecule has 0 aromatic heterocycles. The molecule has 0 saturated heterocycles. The lowest BCUT2D eigenvalue weighted by atomic mass is 9.83. The van der Waals surface area contributed by atoms with E-state index in [9.17, 15) is 4.79 Å². The number of anilines is 1. The second kappa shape index (κ2) is 5.36. The summed E-state index contributed by atoms with van der Waals surface area (Å²) >= 11 is 11.3. The van der Waals surface area contributed by atoms with Gasteiger partial charge in [0.05, 0.1) is 16.4 Å². The van der Waals surface area contributed by atoms with Crippen LogP contribution in [0.1, 0.15) is 12.5 Å². The molecule has 0 saturated carbocycles. The lowest BCUT2D eigenvalue weighted by Crippen LogP contribution is -2.41. The second-order valence-corrected chi connectivity index (χ2v) is 8.06. The Bertz CT molecular complexity index is 869. The molecule has 0 N–H and O–H groups in total. The molecule has 23 heavy (non-hydrogen) atoms. The number of thioether (sulfide) groups is 1. The molecule has 0 aliphatic carbocycles. The van der Waals surface area contributed by atoms with Crippen molar-refractivity contribution in [3.63, 3.8) is 0 Å². The van der Waals surface area contributed by atoms with Gasteiger partial charge in [0.2, 0.25) is 0 Å². The third-order valence-corrected chi connectivity index (χ3v) is 6.81. The number of amides is 1. The van der Waals surface area contributed by atoms with Gasteiger partial charge in [0.25, 0.3) is 5.91 Å². The minimum absolute atomic E-state index is 0.00658. The average molecular weight is 408 g/mol. The molecule has 2 heterocycles. The van der Waals surface area contributed by atoms with E-state index in [2.05, 4.69) is 27.1 Å². The molecule has 0 fully saturated rings.